The molecule has 3 aromatic carbocycles. The number of carbonyl (C=O) groups excluding carboxylic acids is 1. The van der Waals surface area contributed by atoms with Crippen LogP contribution in [-0.4, -0.2) is 20.3 Å². The van der Waals surface area contributed by atoms with Crippen LogP contribution in [0.15, 0.2) is 91.0 Å². The second-order valence-electron chi connectivity index (χ2n) is 6.22. The minimum Gasteiger partial charge on any atom is -0.324 e. The van der Waals surface area contributed by atoms with E-state index in [1.54, 1.807) is 4.68 Å². The number of rotatable bonds is 5. The summed E-state index contributed by atoms with van der Waals surface area (Å²) >= 11 is 5.66. The molecule has 0 aliphatic rings. The van der Waals surface area contributed by atoms with Crippen LogP contribution in [0.5, 0.6) is 0 Å². The van der Waals surface area contributed by atoms with Crippen molar-refractivity contribution in [1.82, 2.24) is 14.3 Å². The molecule has 0 spiro atoms. The summed E-state index contributed by atoms with van der Waals surface area (Å²) < 4.78 is 3.91. The highest BCUT2D eigenvalue weighted by atomic mass is 32.1. The van der Waals surface area contributed by atoms with E-state index in [2.05, 4.69) is 10.4 Å². The molecular formula is C22H18N4OS. The molecule has 0 saturated carbocycles. The Morgan fingerprint density at radius 3 is 2.07 bits per heavy atom. The van der Waals surface area contributed by atoms with Crippen LogP contribution in [0.1, 0.15) is 0 Å². The van der Waals surface area contributed by atoms with E-state index in [9.17, 15) is 4.79 Å². The number of anilines is 1. The lowest BCUT2D eigenvalue weighted by Gasteiger charge is -2.06. The van der Waals surface area contributed by atoms with Gasteiger partial charge in [-0.05, 0) is 36.5 Å². The number of amides is 1. The molecule has 0 unspecified atom stereocenters. The Labute approximate surface area is 167 Å². The van der Waals surface area contributed by atoms with Crippen LogP contribution in [0, 0.1) is 4.77 Å². The molecule has 1 heterocycles. The quantitative estimate of drug-likeness (QED) is 0.506. The topological polar surface area (TPSA) is 51.9 Å². The fourth-order valence-electron chi connectivity index (χ4n) is 2.95. The zero-order chi connectivity index (χ0) is 19.3. The Hall–Kier alpha value is -3.51. The highest BCUT2D eigenvalue weighted by molar-refractivity contribution is 7.71. The largest absolute Gasteiger partial charge is 0.324 e. The summed E-state index contributed by atoms with van der Waals surface area (Å²) in [5, 5.41) is 7.52. The molecule has 138 valence electrons. The van der Waals surface area contributed by atoms with Crippen LogP contribution in [0.3, 0.4) is 0 Å². The van der Waals surface area contributed by atoms with Crippen molar-refractivity contribution in [3.8, 4) is 17.1 Å². The number of nitrogens with one attached hydrogen (secondary N) is 1. The molecule has 0 saturated heterocycles. The lowest BCUT2D eigenvalue weighted by Crippen LogP contribution is -2.19. The Kier molecular flexibility index (Phi) is 5.12. The maximum absolute atomic E-state index is 12.5. The summed E-state index contributed by atoms with van der Waals surface area (Å²) in [6.07, 6.45) is 0. The zero-order valence-electron chi connectivity index (χ0n) is 15.0. The monoisotopic (exact) mass is 386 g/mol. The average Bonchev–Trinajstić information content (AvgIpc) is 3.06. The van der Waals surface area contributed by atoms with E-state index in [4.69, 9.17) is 12.2 Å². The SMILES string of the molecule is O=C(Cn1nc(-c2ccccc2)n(-c2ccccc2)c1=S)Nc1ccccc1. The first-order chi connectivity index (χ1) is 13.7. The molecule has 0 radical (unpaired) electrons. The summed E-state index contributed by atoms with van der Waals surface area (Å²) in [5.74, 6) is 0.518. The average molecular weight is 386 g/mol. The van der Waals surface area contributed by atoms with Crippen molar-refractivity contribution in [2.24, 2.45) is 0 Å². The van der Waals surface area contributed by atoms with Gasteiger partial charge < -0.3 is 5.32 Å². The van der Waals surface area contributed by atoms with E-state index >= 15 is 0 Å². The van der Waals surface area contributed by atoms with E-state index < -0.39 is 0 Å². The first kappa shape index (κ1) is 17.9. The molecule has 0 atom stereocenters. The number of hydrogen-bond acceptors (Lipinski definition) is 3. The van der Waals surface area contributed by atoms with Gasteiger partial charge in [-0.2, -0.15) is 5.10 Å². The van der Waals surface area contributed by atoms with Gasteiger partial charge in [0.2, 0.25) is 10.7 Å². The van der Waals surface area contributed by atoms with Crippen LogP contribution in [0.4, 0.5) is 5.69 Å². The molecule has 0 bridgehead atoms. The van der Waals surface area contributed by atoms with Gasteiger partial charge in [0.25, 0.3) is 0 Å². The molecule has 4 rings (SSSR count). The highest BCUT2D eigenvalue weighted by Gasteiger charge is 2.16. The van der Waals surface area contributed by atoms with Gasteiger partial charge in [-0.1, -0.05) is 66.7 Å². The molecule has 1 amide bonds. The molecule has 6 heteroatoms. The Bertz CT molecular complexity index is 1140. The summed E-state index contributed by atoms with van der Waals surface area (Å²) in [7, 11) is 0. The molecular weight excluding hydrogens is 368 g/mol. The fraction of sp³-hybridized carbons (Fsp3) is 0.0455. The Morgan fingerprint density at radius 1 is 0.857 bits per heavy atom. The van der Waals surface area contributed by atoms with Gasteiger partial charge in [0, 0.05) is 16.9 Å². The van der Waals surface area contributed by atoms with Crippen LogP contribution in [0.25, 0.3) is 17.1 Å². The van der Waals surface area contributed by atoms with Crippen molar-refractivity contribution < 1.29 is 4.79 Å². The summed E-state index contributed by atoms with van der Waals surface area (Å²) in [4.78, 5) is 12.5. The maximum Gasteiger partial charge on any atom is 0.246 e. The van der Waals surface area contributed by atoms with Crippen LogP contribution in [0.2, 0.25) is 0 Å². The predicted molar refractivity (Wildman–Crippen MR) is 113 cm³/mol. The van der Waals surface area contributed by atoms with Crippen LogP contribution >= 0.6 is 12.2 Å². The normalized spacial score (nSPS) is 10.6. The third-order valence-electron chi connectivity index (χ3n) is 4.24. The van der Waals surface area contributed by atoms with Gasteiger partial charge in [-0.15, -0.1) is 0 Å². The third kappa shape index (κ3) is 3.77. The summed E-state index contributed by atoms with van der Waals surface area (Å²) in [5.41, 5.74) is 2.57. The van der Waals surface area contributed by atoms with Gasteiger partial charge in [-0.3, -0.25) is 9.36 Å². The second kappa shape index (κ2) is 8.02. The second-order valence-corrected chi connectivity index (χ2v) is 6.58. The predicted octanol–water partition coefficient (Wildman–Crippen LogP) is 4.71. The molecule has 1 N–H and O–H groups in total. The van der Waals surface area contributed by atoms with E-state index in [-0.39, 0.29) is 12.5 Å². The van der Waals surface area contributed by atoms with Crippen LogP contribution in [-0.2, 0) is 11.3 Å². The third-order valence-corrected chi connectivity index (χ3v) is 4.63. The van der Waals surface area contributed by atoms with E-state index in [0.717, 1.165) is 16.9 Å². The van der Waals surface area contributed by atoms with Crippen molar-refractivity contribution >= 4 is 23.8 Å². The number of nitrogens with zero attached hydrogens (tertiary/aromatic N) is 3. The Morgan fingerprint density at radius 2 is 1.43 bits per heavy atom. The first-order valence-corrected chi connectivity index (χ1v) is 9.29. The zero-order valence-corrected chi connectivity index (χ0v) is 15.8. The maximum atomic E-state index is 12.5. The lowest BCUT2D eigenvalue weighted by atomic mass is 10.2. The standard InChI is InChI=1S/C22H18N4OS/c27-20(23-18-12-6-2-7-13-18)16-25-22(28)26(19-14-8-3-9-15-19)21(24-25)17-10-4-1-5-11-17/h1-15H,16H2,(H,23,27). The van der Waals surface area contributed by atoms with Gasteiger partial charge in [0.05, 0.1) is 0 Å². The smallest absolute Gasteiger partial charge is 0.246 e. The van der Waals surface area contributed by atoms with Gasteiger partial charge in [0.15, 0.2) is 5.82 Å². The molecule has 28 heavy (non-hydrogen) atoms. The van der Waals surface area contributed by atoms with Gasteiger partial charge in [-0.25, -0.2) is 4.68 Å². The van der Waals surface area contributed by atoms with Crippen molar-refractivity contribution in [3.05, 3.63) is 95.8 Å². The number of aromatic nitrogens is 3. The van der Waals surface area contributed by atoms with Crippen LogP contribution < -0.4 is 5.32 Å². The Balaban J connectivity index is 1.72. The summed E-state index contributed by atoms with van der Waals surface area (Å²) in [6, 6.07) is 28.9. The number of carbonyl (C=O) groups is 1. The number of para-hydroxylation sites is 2. The van der Waals surface area contributed by atoms with Crippen molar-refractivity contribution in [2.75, 3.05) is 5.32 Å². The highest BCUT2D eigenvalue weighted by Crippen LogP contribution is 2.22. The molecule has 0 aliphatic heterocycles. The molecule has 4 aromatic rings. The van der Waals surface area contributed by atoms with E-state index in [1.165, 1.54) is 0 Å². The molecule has 0 fully saturated rings. The minimum atomic E-state index is -0.181. The van der Waals surface area contributed by atoms with E-state index in [1.807, 2.05) is 95.6 Å². The number of hydrogen-bond donors (Lipinski definition) is 1. The van der Waals surface area contributed by atoms with Crippen molar-refractivity contribution in [2.45, 2.75) is 6.54 Å². The van der Waals surface area contributed by atoms with Gasteiger partial charge >= 0.3 is 0 Å². The summed E-state index contributed by atoms with van der Waals surface area (Å²) in [6.45, 7) is 0.0351. The fourth-order valence-corrected chi connectivity index (χ4v) is 3.25. The van der Waals surface area contributed by atoms with Crippen molar-refractivity contribution in [3.63, 3.8) is 0 Å². The lowest BCUT2D eigenvalue weighted by molar-refractivity contribution is -0.116. The minimum absolute atomic E-state index is 0.0351. The molecule has 5 nitrogen and oxygen atoms in total. The first-order valence-electron chi connectivity index (χ1n) is 8.88. The van der Waals surface area contributed by atoms with Crippen molar-refractivity contribution in [1.29, 1.82) is 0 Å². The van der Waals surface area contributed by atoms with Gasteiger partial charge in [0.1, 0.15) is 6.54 Å². The number of benzene rings is 3. The molecule has 1 aromatic heterocycles. The van der Waals surface area contributed by atoms with E-state index in [0.29, 0.717) is 10.6 Å². The molecule has 0 aliphatic carbocycles.